The molecule has 1 heterocycles. The maximum absolute atomic E-state index is 11.8. The number of para-hydroxylation sites is 1. The molecule has 0 saturated carbocycles. The van der Waals surface area contributed by atoms with Crippen LogP contribution in [0.4, 0.5) is 17.1 Å². The van der Waals surface area contributed by atoms with E-state index in [2.05, 4.69) is 22.5 Å². The van der Waals surface area contributed by atoms with Crippen molar-refractivity contribution >= 4 is 33.9 Å². The van der Waals surface area contributed by atoms with Crippen molar-refractivity contribution < 1.29 is 4.79 Å². The molecule has 122 valence electrons. The van der Waals surface area contributed by atoms with E-state index in [-0.39, 0.29) is 5.91 Å². The number of carbonyl (C=O) groups is 1. The second-order valence-corrected chi connectivity index (χ2v) is 5.73. The van der Waals surface area contributed by atoms with Crippen molar-refractivity contribution in [1.29, 1.82) is 0 Å². The molecular weight excluding hydrogens is 298 g/mol. The highest BCUT2D eigenvalue weighted by atomic mass is 16.1. The summed E-state index contributed by atoms with van der Waals surface area (Å²) >= 11 is 0. The van der Waals surface area contributed by atoms with E-state index in [1.807, 2.05) is 54.6 Å². The first-order valence-electron chi connectivity index (χ1n) is 8.27. The summed E-state index contributed by atoms with van der Waals surface area (Å²) in [6.07, 6.45) is 4.30. The van der Waals surface area contributed by atoms with Crippen LogP contribution in [0.1, 0.15) is 26.2 Å². The van der Waals surface area contributed by atoms with Gasteiger partial charge in [-0.1, -0.05) is 31.5 Å². The summed E-state index contributed by atoms with van der Waals surface area (Å²) in [6, 6.07) is 17.8. The predicted octanol–water partition coefficient (Wildman–Crippen LogP) is 5.11. The highest BCUT2D eigenvalue weighted by molar-refractivity contribution is 5.93. The van der Waals surface area contributed by atoms with Gasteiger partial charge in [-0.2, -0.15) is 0 Å². The maximum atomic E-state index is 11.8. The van der Waals surface area contributed by atoms with Crippen molar-refractivity contribution in [1.82, 2.24) is 4.98 Å². The predicted molar refractivity (Wildman–Crippen MR) is 99.6 cm³/mol. The zero-order chi connectivity index (χ0) is 16.8. The van der Waals surface area contributed by atoms with Gasteiger partial charge in [-0.25, -0.2) is 0 Å². The quantitative estimate of drug-likeness (QED) is 0.664. The van der Waals surface area contributed by atoms with Crippen LogP contribution in [-0.4, -0.2) is 10.9 Å². The Morgan fingerprint density at radius 2 is 1.75 bits per heavy atom. The van der Waals surface area contributed by atoms with E-state index in [1.54, 1.807) is 6.20 Å². The Kier molecular flexibility index (Phi) is 5.06. The van der Waals surface area contributed by atoms with Gasteiger partial charge in [0.15, 0.2) is 0 Å². The number of aromatic nitrogens is 1. The largest absolute Gasteiger partial charge is 0.354 e. The summed E-state index contributed by atoms with van der Waals surface area (Å²) in [5, 5.41) is 7.40. The Balaban J connectivity index is 1.71. The minimum Gasteiger partial charge on any atom is -0.354 e. The molecule has 1 amide bonds. The van der Waals surface area contributed by atoms with Crippen LogP contribution in [0.2, 0.25) is 0 Å². The lowest BCUT2D eigenvalue weighted by molar-refractivity contribution is -0.116. The Morgan fingerprint density at radius 3 is 2.54 bits per heavy atom. The van der Waals surface area contributed by atoms with Gasteiger partial charge in [-0.15, -0.1) is 0 Å². The van der Waals surface area contributed by atoms with Gasteiger partial charge in [0.2, 0.25) is 5.91 Å². The zero-order valence-electron chi connectivity index (χ0n) is 13.8. The smallest absolute Gasteiger partial charge is 0.224 e. The average molecular weight is 319 g/mol. The zero-order valence-corrected chi connectivity index (χ0v) is 13.8. The van der Waals surface area contributed by atoms with E-state index in [0.29, 0.717) is 6.42 Å². The number of hydrogen-bond donors (Lipinski definition) is 2. The summed E-state index contributed by atoms with van der Waals surface area (Å²) in [5.41, 5.74) is 3.68. The second kappa shape index (κ2) is 7.59. The molecule has 2 aromatic carbocycles. The van der Waals surface area contributed by atoms with E-state index >= 15 is 0 Å². The monoisotopic (exact) mass is 319 g/mol. The molecular formula is C20H21N3O. The van der Waals surface area contributed by atoms with Gasteiger partial charge in [-0.3, -0.25) is 9.78 Å². The van der Waals surface area contributed by atoms with Crippen LogP contribution in [0.15, 0.2) is 60.8 Å². The minimum absolute atomic E-state index is 0.0656. The van der Waals surface area contributed by atoms with Crippen LogP contribution >= 0.6 is 0 Å². The van der Waals surface area contributed by atoms with Gasteiger partial charge in [0, 0.05) is 29.4 Å². The molecule has 0 radical (unpaired) electrons. The Morgan fingerprint density at radius 1 is 1.00 bits per heavy atom. The lowest BCUT2D eigenvalue weighted by Crippen LogP contribution is -2.10. The Bertz CT molecular complexity index is 822. The van der Waals surface area contributed by atoms with Crippen molar-refractivity contribution in [2.45, 2.75) is 26.2 Å². The SMILES string of the molecule is CCCCC(=O)Nc1ccc(Nc2cccc3cccnc23)cc1. The molecule has 0 fully saturated rings. The number of unbranched alkanes of at least 4 members (excludes halogenated alkanes) is 1. The number of pyridine rings is 1. The lowest BCUT2D eigenvalue weighted by Gasteiger charge is -2.10. The fraction of sp³-hybridized carbons (Fsp3) is 0.200. The van der Waals surface area contributed by atoms with Crippen LogP contribution in [0.25, 0.3) is 10.9 Å². The maximum Gasteiger partial charge on any atom is 0.224 e. The summed E-state index contributed by atoms with van der Waals surface area (Å²) in [7, 11) is 0. The third kappa shape index (κ3) is 3.90. The molecule has 0 aliphatic heterocycles. The lowest BCUT2D eigenvalue weighted by atomic mass is 10.2. The number of anilines is 3. The average Bonchev–Trinajstić information content (AvgIpc) is 2.62. The molecule has 0 unspecified atom stereocenters. The van der Waals surface area contributed by atoms with Gasteiger partial charge in [0.05, 0.1) is 11.2 Å². The molecule has 3 aromatic rings. The number of benzene rings is 2. The third-order valence-corrected chi connectivity index (χ3v) is 3.84. The highest BCUT2D eigenvalue weighted by Crippen LogP contribution is 2.25. The van der Waals surface area contributed by atoms with Crippen molar-refractivity contribution in [2.24, 2.45) is 0 Å². The van der Waals surface area contributed by atoms with Crippen LogP contribution in [0.3, 0.4) is 0 Å². The molecule has 2 N–H and O–H groups in total. The summed E-state index contributed by atoms with van der Waals surface area (Å²) in [5.74, 6) is 0.0656. The number of carbonyl (C=O) groups excluding carboxylic acids is 1. The van der Waals surface area contributed by atoms with E-state index in [4.69, 9.17) is 0 Å². The van der Waals surface area contributed by atoms with Crippen molar-refractivity contribution in [3.05, 3.63) is 60.8 Å². The van der Waals surface area contributed by atoms with Gasteiger partial charge in [-0.05, 0) is 42.8 Å². The molecule has 1 aromatic heterocycles. The molecule has 3 rings (SSSR count). The number of amides is 1. The van der Waals surface area contributed by atoms with E-state index in [0.717, 1.165) is 40.8 Å². The number of hydrogen-bond acceptors (Lipinski definition) is 3. The number of fused-ring (bicyclic) bond motifs is 1. The molecule has 0 atom stereocenters. The molecule has 0 spiro atoms. The van der Waals surface area contributed by atoms with E-state index in [9.17, 15) is 4.79 Å². The molecule has 0 aliphatic rings. The van der Waals surface area contributed by atoms with Gasteiger partial charge in [0.1, 0.15) is 0 Å². The number of nitrogens with one attached hydrogen (secondary N) is 2. The van der Waals surface area contributed by atoms with Crippen LogP contribution in [0, 0.1) is 0 Å². The van der Waals surface area contributed by atoms with Crippen molar-refractivity contribution in [3.63, 3.8) is 0 Å². The van der Waals surface area contributed by atoms with E-state index < -0.39 is 0 Å². The molecule has 4 nitrogen and oxygen atoms in total. The van der Waals surface area contributed by atoms with Crippen molar-refractivity contribution in [3.8, 4) is 0 Å². The summed E-state index contributed by atoms with van der Waals surface area (Å²) in [4.78, 5) is 16.2. The summed E-state index contributed by atoms with van der Waals surface area (Å²) in [6.45, 7) is 2.08. The normalized spacial score (nSPS) is 10.5. The Labute approximate surface area is 141 Å². The highest BCUT2D eigenvalue weighted by Gasteiger charge is 2.04. The second-order valence-electron chi connectivity index (χ2n) is 5.73. The van der Waals surface area contributed by atoms with Gasteiger partial charge in [0.25, 0.3) is 0 Å². The van der Waals surface area contributed by atoms with Crippen LogP contribution in [-0.2, 0) is 4.79 Å². The molecule has 0 aliphatic carbocycles. The number of nitrogens with zero attached hydrogens (tertiary/aromatic N) is 1. The van der Waals surface area contributed by atoms with Gasteiger partial charge < -0.3 is 10.6 Å². The fourth-order valence-corrected chi connectivity index (χ4v) is 2.56. The minimum atomic E-state index is 0.0656. The van der Waals surface area contributed by atoms with Crippen molar-refractivity contribution in [2.75, 3.05) is 10.6 Å². The van der Waals surface area contributed by atoms with Crippen LogP contribution < -0.4 is 10.6 Å². The molecule has 4 heteroatoms. The van der Waals surface area contributed by atoms with Gasteiger partial charge >= 0.3 is 0 Å². The standard InChI is InChI=1S/C20H21N3O/c1-2-3-9-19(24)23-17-12-10-16(11-13-17)22-18-8-4-6-15-7-5-14-21-20(15)18/h4-8,10-14,22H,2-3,9H2,1H3,(H,23,24). The number of rotatable bonds is 6. The van der Waals surface area contributed by atoms with Crippen LogP contribution in [0.5, 0.6) is 0 Å². The molecule has 0 bridgehead atoms. The third-order valence-electron chi connectivity index (χ3n) is 3.84. The first kappa shape index (κ1) is 16.0. The first-order chi connectivity index (χ1) is 11.8. The summed E-state index contributed by atoms with van der Waals surface area (Å²) < 4.78 is 0. The molecule has 0 saturated heterocycles. The van der Waals surface area contributed by atoms with E-state index in [1.165, 1.54) is 0 Å². The Hall–Kier alpha value is -2.88. The fourth-order valence-electron chi connectivity index (χ4n) is 2.56. The molecule has 24 heavy (non-hydrogen) atoms. The first-order valence-corrected chi connectivity index (χ1v) is 8.27. The topological polar surface area (TPSA) is 54.0 Å².